The summed E-state index contributed by atoms with van der Waals surface area (Å²) in [7, 11) is -18.5. The maximum atomic E-state index is 13.6. The van der Waals surface area contributed by atoms with Crippen LogP contribution in [0, 0.1) is 0 Å². The molecular weight excluding hydrogens is 1120 g/mol. The molecule has 0 saturated heterocycles. The first kappa shape index (κ1) is 59.3. The van der Waals surface area contributed by atoms with E-state index in [1.165, 1.54) is 31.2 Å². The monoisotopic (exact) mass is 1150 g/mol. The molecule has 1 aromatic heterocycles. The summed E-state index contributed by atoms with van der Waals surface area (Å²) in [5, 5.41) is 7.33. The molecule has 0 aliphatic rings. The van der Waals surface area contributed by atoms with E-state index >= 15 is 0 Å². The first-order chi connectivity index (χ1) is 34.0. The largest absolute Gasteiger partial charge is 0.536 e. The molecule has 0 atom stereocenters. The Morgan fingerprint density at radius 2 is 0.757 bits per heavy atom. The fraction of sp³-hybridized carbons (Fsp3) is 0.333. The molecule has 3 aromatic carbocycles. The molecule has 1 heterocycles. The number of alkyl halides is 14. The number of ether oxygens (including phenoxy) is 3. The van der Waals surface area contributed by atoms with Crippen LogP contribution in [0.15, 0.2) is 103 Å². The summed E-state index contributed by atoms with van der Waals surface area (Å²) in [6, 6.07) is 10.3. The van der Waals surface area contributed by atoms with Crippen molar-refractivity contribution in [1.29, 1.82) is 0 Å². The van der Waals surface area contributed by atoms with Crippen molar-refractivity contribution in [2.75, 3.05) is 19.8 Å². The summed E-state index contributed by atoms with van der Waals surface area (Å²) < 4.78 is 277. The molecule has 0 amide bonds. The van der Waals surface area contributed by atoms with Crippen LogP contribution in [0.1, 0.15) is 23.6 Å². The third kappa shape index (κ3) is 15.4. The van der Waals surface area contributed by atoms with E-state index in [0.717, 1.165) is 24.3 Å². The van der Waals surface area contributed by atoms with Gasteiger partial charge in [0.15, 0.2) is 11.4 Å². The van der Waals surface area contributed by atoms with E-state index in [-0.39, 0.29) is 28.5 Å². The van der Waals surface area contributed by atoms with E-state index < -0.39 is 139 Å². The van der Waals surface area contributed by atoms with E-state index in [9.17, 15) is 101 Å². The van der Waals surface area contributed by atoms with Crippen molar-refractivity contribution in [1.82, 2.24) is 13.7 Å². The van der Waals surface area contributed by atoms with Gasteiger partial charge in [-0.1, -0.05) is 15.5 Å². The van der Waals surface area contributed by atoms with Crippen molar-refractivity contribution in [3.8, 4) is 17.2 Å². The Labute approximate surface area is 403 Å². The summed E-state index contributed by atoms with van der Waals surface area (Å²) >= 11 is 0. The standard InChI is InChI=1S/C36H28F14N6O15S3/c1-20(51-69-72(60,61)29(37)38)21-2-8-24(9-3-21)66-17-14-54-30(57)55(15-18-67-25-10-4-22(5-11-25)27(33(39,40)41)52-70-73(62,63)35(45,46)47)32(59)56(31(54)58)16-19-68-26-12-6-23(7-13-26)28(34(42,43)44)53-71-74(64,65)36(48,49)50/h2-13,29H,14-19H2,1H3/b51-20-,52-27+,53-28+. The molecule has 0 fully saturated rings. The van der Waals surface area contributed by atoms with Gasteiger partial charge in [0.2, 0.25) is 0 Å². The topological polar surface area (TPSA) is 261 Å². The molecule has 4 rings (SSSR count). The lowest BCUT2D eigenvalue weighted by atomic mass is 10.1. The fourth-order valence-corrected chi connectivity index (χ4v) is 6.01. The molecule has 0 saturated carbocycles. The molecule has 0 bridgehead atoms. The number of nitrogens with zero attached hydrogens (tertiary/aromatic N) is 6. The number of hydrogen-bond acceptors (Lipinski definition) is 18. The van der Waals surface area contributed by atoms with Gasteiger partial charge < -0.3 is 14.2 Å². The second-order valence-electron chi connectivity index (χ2n) is 13.7. The Morgan fingerprint density at radius 3 is 1.01 bits per heavy atom. The molecule has 38 heteroatoms. The SMILES string of the molecule is C/C(=N/OS(=O)(=O)C(F)F)c1ccc(OCCn2c(=O)n(CCOc3ccc(/C(=N\OS(=O)(=O)C(F)(F)F)C(F)(F)F)cc3)c(=O)n(CCOc3ccc(/C(=N\OS(=O)(=O)C(F)(F)F)C(F)(F)F)cc3)c2=O)cc1. The van der Waals surface area contributed by atoms with E-state index in [1.807, 2.05) is 0 Å². The lowest BCUT2D eigenvalue weighted by Gasteiger charge is -2.16. The molecule has 408 valence electrons. The van der Waals surface area contributed by atoms with Crippen LogP contribution in [0.25, 0.3) is 0 Å². The number of halogens is 14. The molecule has 0 aliphatic carbocycles. The van der Waals surface area contributed by atoms with Crippen LogP contribution in [0.3, 0.4) is 0 Å². The first-order valence-corrected chi connectivity index (χ1v) is 23.4. The van der Waals surface area contributed by atoms with Crippen molar-refractivity contribution in [3.05, 3.63) is 121 Å². The molecule has 0 N–H and O–H groups in total. The van der Waals surface area contributed by atoms with Crippen molar-refractivity contribution < 1.29 is 114 Å². The maximum Gasteiger partial charge on any atom is 0.536 e. The molecule has 0 unspecified atom stereocenters. The highest BCUT2D eigenvalue weighted by Gasteiger charge is 2.51. The second kappa shape index (κ2) is 22.9. The minimum absolute atomic E-state index is 0.0168. The summed E-state index contributed by atoms with van der Waals surface area (Å²) in [5.41, 5.74) is -22.9. The maximum absolute atomic E-state index is 13.6. The summed E-state index contributed by atoms with van der Waals surface area (Å²) in [6.07, 6.45) is -11.2. The van der Waals surface area contributed by atoms with Gasteiger partial charge in [-0.2, -0.15) is 86.7 Å². The van der Waals surface area contributed by atoms with Crippen LogP contribution in [-0.4, -0.2) is 105 Å². The molecule has 0 aliphatic heterocycles. The molecule has 0 spiro atoms. The van der Waals surface area contributed by atoms with Gasteiger partial charge in [0.1, 0.15) is 37.1 Å². The molecule has 0 radical (unpaired) electrons. The lowest BCUT2D eigenvalue weighted by Crippen LogP contribution is -2.55. The number of hydrogen-bond donors (Lipinski definition) is 0. The van der Waals surface area contributed by atoms with Crippen LogP contribution in [-0.2, 0) is 62.8 Å². The highest BCUT2D eigenvalue weighted by Crippen LogP contribution is 2.30. The van der Waals surface area contributed by atoms with Crippen LogP contribution >= 0.6 is 0 Å². The van der Waals surface area contributed by atoms with Crippen molar-refractivity contribution >= 4 is 47.5 Å². The average molecular weight is 1150 g/mol. The van der Waals surface area contributed by atoms with E-state index in [2.05, 4.69) is 28.3 Å². The second-order valence-corrected chi connectivity index (χ2v) is 18.3. The van der Waals surface area contributed by atoms with Crippen LogP contribution < -0.4 is 31.3 Å². The van der Waals surface area contributed by atoms with Gasteiger partial charge >= 0.3 is 76.6 Å². The zero-order chi connectivity index (χ0) is 55.8. The van der Waals surface area contributed by atoms with Crippen LogP contribution in [0.2, 0.25) is 0 Å². The van der Waals surface area contributed by atoms with E-state index in [4.69, 9.17) is 14.2 Å². The van der Waals surface area contributed by atoms with Crippen molar-refractivity contribution in [2.24, 2.45) is 15.5 Å². The summed E-state index contributed by atoms with van der Waals surface area (Å²) in [6.45, 7) is -2.92. The Hall–Kier alpha value is -7.25. The van der Waals surface area contributed by atoms with E-state index in [0.29, 0.717) is 38.0 Å². The highest BCUT2D eigenvalue weighted by atomic mass is 32.2. The third-order valence-corrected chi connectivity index (χ3v) is 11.1. The average Bonchev–Trinajstić information content (AvgIpc) is 3.28. The van der Waals surface area contributed by atoms with E-state index in [1.54, 1.807) is 0 Å². The minimum Gasteiger partial charge on any atom is -0.492 e. The Kier molecular flexibility index (Phi) is 18.3. The molecule has 74 heavy (non-hydrogen) atoms. The van der Waals surface area contributed by atoms with Gasteiger partial charge in [-0.05, 0) is 85.3 Å². The molecular formula is C36H28F14N6O15S3. The molecule has 4 aromatic rings. The smallest absolute Gasteiger partial charge is 0.492 e. The Balaban J connectivity index is 1.59. The quantitative estimate of drug-likeness (QED) is 0.0436. The van der Waals surface area contributed by atoms with Crippen LogP contribution in [0.5, 0.6) is 17.2 Å². The number of benzene rings is 3. The predicted octanol–water partition coefficient (Wildman–Crippen LogP) is 4.97. The van der Waals surface area contributed by atoms with Gasteiger partial charge in [-0.3, -0.25) is 12.9 Å². The highest BCUT2D eigenvalue weighted by molar-refractivity contribution is 7.88. The zero-order valence-electron chi connectivity index (χ0n) is 36.1. The Bertz CT molecular complexity index is 3100. The predicted molar refractivity (Wildman–Crippen MR) is 221 cm³/mol. The third-order valence-electron chi connectivity index (χ3n) is 8.72. The van der Waals surface area contributed by atoms with Gasteiger partial charge in [-0.25, -0.2) is 28.1 Å². The minimum atomic E-state index is -6.61. The van der Waals surface area contributed by atoms with Gasteiger partial charge in [-0.15, -0.1) is 0 Å². The fourth-order valence-electron chi connectivity index (χ4n) is 5.22. The number of aromatic nitrogens is 3. The number of oxime groups is 3. The Morgan fingerprint density at radius 1 is 0.473 bits per heavy atom. The zero-order valence-corrected chi connectivity index (χ0v) is 38.5. The normalized spacial score (nSPS) is 13.7. The van der Waals surface area contributed by atoms with Crippen molar-refractivity contribution in [2.45, 2.75) is 55.7 Å². The summed E-state index contributed by atoms with van der Waals surface area (Å²) in [5.74, 6) is -4.54. The van der Waals surface area contributed by atoms with Gasteiger partial charge in [0.05, 0.1) is 25.3 Å². The van der Waals surface area contributed by atoms with Crippen LogP contribution in [0.4, 0.5) is 61.5 Å². The lowest BCUT2D eigenvalue weighted by molar-refractivity contribution is -0.0636. The first-order valence-electron chi connectivity index (χ1n) is 19.2. The van der Waals surface area contributed by atoms with Crippen molar-refractivity contribution in [3.63, 3.8) is 0 Å². The number of rotatable bonds is 22. The van der Waals surface area contributed by atoms with Gasteiger partial charge in [0.25, 0.3) is 0 Å². The summed E-state index contributed by atoms with van der Waals surface area (Å²) in [4.78, 5) is 40.7. The van der Waals surface area contributed by atoms with Gasteiger partial charge in [0, 0.05) is 11.1 Å². The molecule has 21 nitrogen and oxygen atoms in total.